The summed E-state index contributed by atoms with van der Waals surface area (Å²) in [5, 5.41) is 11.4. The van der Waals surface area contributed by atoms with Crippen molar-refractivity contribution in [2.24, 2.45) is 0 Å². The first-order valence-corrected chi connectivity index (χ1v) is 9.35. The Morgan fingerprint density at radius 3 is 2.90 bits per heavy atom. The summed E-state index contributed by atoms with van der Waals surface area (Å²) in [6.45, 7) is 4.80. The van der Waals surface area contributed by atoms with Crippen molar-refractivity contribution in [2.75, 3.05) is 11.9 Å². The summed E-state index contributed by atoms with van der Waals surface area (Å²) >= 11 is 0. The second-order valence-electron chi connectivity index (χ2n) is 7.11. The summed E-state index contributed by atoms with van der Waals surface area (Å²) in [7, 11) is 1.68. The molecule has 0 spiro atoms. The molecule has 0 saturated carbocycles. The van der Waals surface area contributed by atoms with Crippen molar-refractivity contribution in [3.8, 4) is 0 Å². The molecule has 0 fully saturated rings. The summed E-state index contributed by atoms with van der Waals surface area (Å²) < 4.78 is 3.34. The van der Waals surface area contributed by atoms with Crippen LogP contribution >= 0.6 is 0 Å². The molecule has 0 unspecified atom stereocenters. The molecule has 10 heteroatoms. The second-order valence-corrected chi connectivity index (χ2v) is 7.11. The zero-order chi connectivity index (χ0) is 20.5. The Bertz CT molecular complexity index is 1070. The Morgan fingerprint density at radius 2 is 2.10 bits per heavy atom. The van der Waals surface area contributed by atoms with Crippen LogP contribution in [-0.4, -0.2) is 54.4 Å². The lowest BCUT2D eigenvalue weighted by molar-refractivity contribution is -0.120. The average molecular weight is 394 g/mol. The third-order valence-electron chi connectivity index (χ3n) is 4.96. The van der Waals surface area contributed by atoms with Gasteiger partial charge in [0.15, 0.2) is 0 Å². The van der Waals surface area contributed by atoms with Gasteiger partial charge in [0.05, 0.1) is 17.9 Å². The van der Waals surface area contributed by atoms with Crippen molar-refractivity contribution < 1.29 is 9.59 Å². The van der Waals surface area contributed by atoms with Crippen molar-refractivity contribution in [1.29, 1.82) is 0 Å². The molecule has 0 saturated heterocycles. The average Bonchev–Trinajstić information content (AvgIpc) is 3.30. The van der Waals surface area contributed by atoms with Crippen LogP contribution in [0.2, 0.25) is 0 Å². The minimum absolute atomic E-state index is 0.0202. The fourth-order valence-corrected chi connectivity index (χ4v) is 3.36. The van der Waals surface area contributed by atoms with E-state index in [4.69, 9.17) is 0 Å². The first kappa shape index (κ1) is 18.8. The molecular weight excluding hydrogens is 372 g/mol. The molecule has 3 aromatic heterocycles. The van der Waals surface area contributed by atoms with Gasteiger partial charge in [-0.15, -0.1) is 5.10 Å². The third-order valence-corrected chi connectivity index (χ3v) is 4.96. The van der Waals surface area contributed by atoms with Crippen LogP contribution in [0.15, 0.2) is 30.7 Å². The Labute approximate surface area is 167 Å². The number of nitrogens with one attached hydrogen (secondary N) is 1. The van der Waals surface area contributed by atoms with Gasteiger partial charge in [0, 0.05) is 25.9 Å². The maximum Gasteiger partial charge on any atom is 0.291 e. The monoisotopic (exact) mass is 394 g/mol. The van der Waals surface area contributed by atoms with Gasteiger partial charge in [-0.3, -0.25) is 19.5 Å². The van der Waals surface area contributed by atoms with Gasteiger partial charge in [-0.05, 0) is 31.9 Å². The molecule has 1 N–H and O–H groups in total. The molecule has 1 aliphatic heterocycles. The molecule has 3 aromatic rings. The van der Waals surface area contributed by atoms with E-state index in [-0.39, 0.29) is 11.7 Å². The zero-order valence-corrected chi connectivity index (χ0v) is 16.5. The lowest BCUT2D eigenvalue weighted by atomic mass is 10.2. The number of carbonyl (C=O) groups excluding carboxylic acids is 2. The van der Waals surface area contributed by atoms with E-state index in [1.165, 1.54) is 11.2 Å². The molecule has 0 aromatic carbocycles. The number of anilines is 1. The Kier molecular flexibility index (Phi) is 4.83. The van der Waals surface area contributed by atoms with E-state index in [1.54, 1.807) is 22.6 Å². The number of aromatic nitrogens is 6. The minimum atomic E-state index is -0.667. The SMILES string of the molecule is Cc1cc2n(n1)CC[C@H](NC(=O)c1ncn(Cc3ncccc3C)n1)C(=O)N2C. The molecule has 0 radical (unpaired) electrons. The smallest absolute Gasteiger partial charge is 0.291 e. The van der Waals surface area contributed by atoms with Gasteiger partial charge in [0.2, 0.25) is 5.82 Å². The Morgan fingerprint density at radius 1 is 1.28 bits per heavy atom. The van der Waals surface area contributed by atoms with E-state index in [1.807, 2.05) is 32.0 Å². The van der Waals surface area contributed by atoms with Crippen molar-refractivity contribution in [3.63, 3.8) is 0 Å². The molecule has 150 valence electrons. The number of aryl methyl sites for hydroxylation is 3. The molecule has 0 bridgehead atoms. The van der Waals surface area contributed by atoms with Crippen LogP contribution in [0.3, 0.4) is 0 Å². The van der Waals surface area contributed by atoms with Crippen molar-refractivity contribution in [2.45, 2.75) is 39.4 Å². The van der Waals surface area contributed by atoms with Gasteiger partial charge in [-0.25, -0.2) is 14.3 Å². The standard InChI is InChI=1S/C19H22N8O2/c1-12-5-4-7-20-15(12)10-26-11-21-17(24-26)18(28)22-14-6-8-27-16(9-13(2)23-27)25(3)19(14)29/h4-5,7,9,11,14H,6,8,10H2,1-3H3,(H,22,28)/t14-/m0/s1. The molecule has 4 rings (SSSR count). The Balaban J connectivity index is 1.44. The van der Waals surface area contributed by atoms with Crippen molar-refractivity contribution in [1.82, 2.24) is 34.8 Å². The predicted octanol–water partition coefficient (Wildman–Crippen LogP) is 0.700. The molecular formula is C19H22N8O2. The number of hydrogen-bond acceptors (Lipinski definition) is 6. The maximum absolute atomic E-state index is 12.8. The van der Waals surface area contributed by atoms with E-state index in [9.17, 15) is 9.59 Å². The van der Waals surface area contributed by atoms with Gasteiger partial charge in [0.25, 0.3) is 11.8 Å². The number of rotatable bonds is 4. The van der Waals surface area contributed by atoms with E-state index in [0.29, 0.717) is 19.5 Å². The van der Waals surface area contributed by atoms with Crippen LogP contribution < -0.4 is 10.2 Å². The summed E-state index contributed by atoms with van der Waals surface area (Å²) in [5.74, 6) is 0.0637. The second kappa shape index (κ2) is 7.46. The quantitative estimate of drug-likeness (QED) is 0.697. The lowest BCUT2D eigenvalue weighted by Gasteiger charge is -2.19. The van der Waals surface area contributed by atoms with Crippen LogP contribution in [0.25, 0.3) is 0 Å². The van der Waals surface area contributed by atoms with Gasteiger partial charge in [0.1, 0.15) is 18.2 Å². The number of nitrogens with zero attached hydrogens (tertiary/aromatic N) is 7. The minimum Gasteiger partial charge on any atom is -0.337 e. The molecule has 1 aliphatic rings. The third kappa shape index (κ3) is 3.73. The summed E-state index contributed by atoms with van der Waals surface area (Å²) in [4.78, 5) is 35.3. The highest BCUT2D eigenvalue weighted by molar-refractivity contribution is 6.00. The van der Waals surface area contributed by atoms with E-state index >= 15 is 0 Å². The van der Waals surface area contributed by atoms with E-state index in [0.717, 1.165) is 22.8 Å². The first-order valence-electron chi connectivity index (χ1n) is 9.35. The largest absolute Gasteiger partial charge is 0.337 e. The number of fused-ring (bicyclic) bond motifs is 1. The van der Waals surface area contributed by atoms with Gasteiger partial charge >= 0.3 is 0 Å². The highest BCUT2D eigenvalue weighted by Gasteiger charge is 2.31. The molecule has 0 aliphatic carbocycles. The molecule has 29 heavy (non-hydrogen) atoms. The lowest BCUT2D eigenvalue weighted by Crippen LogP contribution is -2.47. The number of hydrogen-bond donors (Lipinski definition) is 1. The summed E-state index contributed by atoms with van der Waals surface area (Å²) in [6.07, 6.45) is 3.65. The summed E-state index contributed by atoms with van der Waals surface area (Å²) in [5.41, 5.74) is 2.74. The number of carbonyl (C=O) groups is 2. The molecule has 4 heterocycles. The van der Waals surface area contributed by atoms with Gasteiger partial charge in [-0.1, -0.05) is 6.07 Å². The highest BCUT2D eigenvalue weighted by Crippen LogP contribution is 2.20. The van der Waals surface area contributed by atoms with Crippen molar-refractivity contribution in [3.05, 3.63) is 53.5 Å². The number of pyridine rings is 1. The normalized spacial score (nSPS) is 16.4. The van der Waals surface area contributed by atoms with Gasteiger partial charge < -0.3 is 5.32 Å². The predicted molar refractivity (Wildman–Crippen MR) is 104 cm³/mol. The molecule has 2 amide bonds. The number of likely N-dealkylation sites (N-methyl/N-ethyl adjacent to an activating group) is 1. The molecule has 1 atom stereocenters. The Hall–Kier alpha value is -3.56. The fourth-order valence-electron chi connectivity index (χ4n) is 3.36. The van der Waals surface area contributed by atoms with E-state index in [2.05, 4.69) is 25.5 Å². The van der Waals surface area contributed by atoms with Gasteiger partial charge in [-0.2, -0.15) is 5.10 Å². The van der Waals surface area contributed by atoms with Crippen LogP contribution in [-0.2, 0) is 17.9 Å². The highest BCUT2D eigenvalue weighted by atomic mass is 16.2. The number of amides is 2. The van der Waals surface area contributed by atoms with Crippen LogP contribution in [0.1, 0.15) is 34.0 Å². The summed E-state index contributed by atoms with van der Waals surface area (Å²) in [6, 6.07) is 5.02. The van der Waals surface area contributed by atoms with Crippen molar-refractivity contribution >= 4 is 17.6 Å². The van der Waals surface area contributed by atoms with Crippen LogP contribution in [0.4, 0.5) is 5.82 Å². The first-order chi connectivity index (χ1) is 13.9. The maximum atomic E-state index is 12.8. The van der Waals surface area contributed by atoms with E-state index < -0.39 is 11.9 Å². The fraction of sp³-hybridized carbons (Fsp3) is 0.368. The molecule has 10 nitrogen and oxygen atoms in total. The topological polar surface area (TPSA) is 111 Å². The van der Waals surface area contributed by atoms with Crippen LogP contribution in [0.5, 0.6) is 0 Å². The zero-order valence-electron chi connectivity index (χ0n) is 16.5. The van der Waals surface area contributed by atoms with Crippen LogP contribution in [0, 0.1) is 13.8 Å².